The number of hydrogen-bond donors (Lipinski definition) is 1. The molecule has 0 radical (unpaired) electrons. The highest BCUT2D eigenvalue weighted by Crippen LogP contribution is 2.21. The largest absolute Gasteiger partial charge is 0.327 e. The van der Waals surface area contributed by atoms with Crippen molar-refractivity contribution in [3.63, 3.8) is 0 Å². The number of piperidine rings is 1. The van der Waals surface area contributed by atoms with Gasteiger partial charge < -0.3 is 4.90 Å². The minimum atomic E-state index is -0.256. The fraction of sp³-hybridized carbons (Fsp3) is 0.643. The van der Waals surface area contributed by atoms with Crippen molar-refractivity contribution in [1.29, 1.82) is 0 Å². The predicted octanol–water partition coefficient (Wildman–Crippen LogP) is 1.95. The van der Waals surface area contributed by atoms with Crippen LogP contribution in [0.15, 0.2) is 6.07 Å². The summed E-state index contributed by atoms with van der Waals surface area (Å²) >= 11 is 0. The Morgan fingerprint density at radius 3 is 2.84 bits per heavy atom. The van der Waals surface area contributed by atoms with E-state index in [1.807, 2.05) is 13.8 Å². The summed E-state index contributed by atoms with van der Waals surface area (Å²) < 4.78 is 0. The standard InChI is InChI=1S/C14H21N3O2/c1-3-10-9-11(16-15-10)14(19)17-8-6-5-7-12(17)13(18)4-2/h9,12H,3-8H2,1-2H3,(H,15,16). The molecule has 2 heterocycles. The highest BCUT2D eigenvalue weighted by atomic mass is 16.2. The number of aromatic nitrogens is 2. The van der Waals surface area contributed by atoms with E-state index in [0.29, 0.717) is 18.7 Å². The highest BCUT2D eigenvalue weighted by Gasteiger charge is 2.32. The van der Waals surface area contributed by atoms with Crippen LogP contribution in [0.5, 0.6) is 0 Å². The van der Waals surface area contributed by atoms with Crippen LogP contribution in [0.3, 0.4) is 0 Å². The number of rotatable bonds is 4. The zero-order valence-corrected chi connectivity index (χ0v) is 11.6. The quantitative estimate of drug-likeness (QED) is 0.902. The molecule has 1 aromatic heterocycles. The van der Waals surface area contributed by atoms with Crippen molar-refractivity contribution in [2.24, 2.45) is 0 Å². The van der Waals surface area contributed by atoms with Gasteiger partial charge in [0.2, 0.25) is 0 Å². The molecule has 0 saturated carbocycles. The lowest BCUT2D eigenvalue weighted by Gasteiger charge is -2.34. The van der Waals surface area contributed by atoms with Crippen LogP contribution < -0.4 is 0 Å². The van der Waals surface area contributed by atoms with Gasteiger partial charge in [-0.15, -0.1) is 0 Å². The molecule has 0 aliphatic carbocycles. The fourth-order valence-electron chi connectivity index (χ4n) is 2.54. The minimum absolute atomic E-state index is 0.123. The molecule has 19 heavy (non-hydrogen) atoms. The molecule has 1 aliphatic rings. The van der Waals surface area contributed by atoms with Crippen molar-refractivity contribution in [1.82, 2.24) is 15.1 Å². The van der Waals surface area contributed by atoms with Crippen LogP contribution in [0.25, 0.3) is 0 Å². The Kier molecular flexibility index (Phi) is 4.35. The maximum Gasteiger partial charge on any atom is 0.274 e. The van der Waals surface area contributed by atoms with Gasteiger partial charge in [-0.05, 0) is 31.7 Å². The first kappa shape index (κ1) is 13.8. The lowest BCUT2D eigenvalue weighted by atomic mass is 9.97. The molecule has 1 aromatic rings. The van der Waals surface area contributed by atoms with Crippen molar-refractivity contribution >= 4 is 11.7 Å². The molecule has 1 atom stereocenters. The van der Waals surface area contributed by atoms with Crippen LogP contribution in [-0.2, 0) is 11.2 Å². The van der Waals surface area contributed by atoms with Gasteiger partial charge in [0.15, 0.2) is 5.78 Å². The lowest BCUT2D eigenvalue weighted by molar-refractivity contribution is -0.124. The molecule has 1 unspecified atom stereocenters. The average molecular weight is 263 g/mol. The zero-order chi connectivity index (χ0) is 13.8. The summed E-state index contributed by atoms with van der Waals surface area (Å²) in [6.45, 7) is 4.51. The van der Waals surface area contributed by atoms with Gasteiger partial charge in [0.05, 0.1) is 6.04 Å². The fourth-order valence-corrected chi connectivity index (χ4v) is 2.54. The first-order valence-electron chi connectivity index (χ1n) is 7.05. The number of Topliss-reactive ketones (excluding diaryl/α,β-unsaturated/α-hetero) is 1. The van der Waals surface area contributed by atoms with E-state index in [4.69, 9.17) is 0 Å². The molecule has 1 amide bonds. The number of likely N-dealkylation sites (tertiary alicyclic amines) is 1. The number of nitrogens with zero attached hydrogens (tertiary/aromatic N) is 2. The van der Waals surface area contributed by atoms with E-state index in [0.717, 1.165) is 31.4 Å². The number of aryl methyl sites for hydroxylation is 1. The average Bonchev–Trinajstić information content (AvgIpc) is 2.94. The molecule has 1 N–H and O–H groups in total. The van der Waals surface area contributed by atoms with E-state index in [1.165, 1.54) is 0 Å². The molecule has 104 valence electrons. The second-order valence-corrected chi connectivity index (χ2v) is 4.96. The van der Waals surface area contributed by atoms with Gasteiger partial charge in [-0.3, -0.25) is 14.7 Å². The highest BCUT2D eigenvalue weighted by molar-refractivity contribution is 5.96. The first-order valence-corrected chi connectivity index (χ1v) is 7.05. The Hall–Kier alpha value is -1.65. The van der Waals surface area contributed by atoms with Crippen molar-refractivity contribution < 1.29 is 9.59 Å². The van der Waals surface area contributed by atoms with Crippen LogP contribution in [-0.4, -0.2) is 39.4 Å². The van der Waals surface area contributed by atoms with Crippen LogP contribution >= 0.6 is 0 Å². The Balaban J connectivity index is 2.17. The summed E-state index contributed by atoms with van der Waals surface area (Å²) in [5.41, 5.74) is 1.37. The molecular weight excluding hydrogens is 242 g/mol. The number of carbonyl (C=O) groups is 2. The lowest BCUT2D eigenvalue weighted by Crippen LogP contribution is -2.48. The number of H-pyrrole nitrogens is 1. The van der Waals surface area contributed by atoms with E-state index in [-0.39, 0.29) is 17.7 Å². The van der Waals surface area contributed by atoms with E-state index >= 15 is 0 Å². The predicted molar refractivity (Wildman–Crippen MR) is 71.9 cm³/mol. The van der Waals surface area contributed by atoms with Crippen LogP contribution in [0.4, 0.5) is 0 Å². The van der Waals surface area contributed by atoms with Gasteiger partial charge in [0, 0.05) is 18.7 Å². The Morgan fingerprint density at radius 1 is 1.42 bits per heavy atom. The summed E-state index contributed by atoms with van der Waals surface area (Å²) in [6, 6.07) is 1.53. The van der Waals surface area contributed by atoms with Gasteiger partial charge in [0.25, 0.3) is 5.91 Å². The van der Waals surface area contributed by atoms with E-state index in [1.54, 1.807) is 11.0 Å². The number of hydrogen-bond acceptors (Lipinski definition) is 3. The molecule has 0 bridgehead atoms. The molecule has 5 heteroatoms. The molecule has 1 saturated heterocycles. The van der Waals surface area contributed by atoms with Gasteiger partial charge in [-0.1, -0.05) is 13.8 Å². The SMILES string of the molecule is CCC(=O)C1CCCCN1C(=O)c1cc(CC)[nH]n1. The molecule has 0 spiro atoms. The summed E-state index contributed by atoms with van der Waals surface area (Å²) in [6.07, 6.45) is 4.06. The molecular formula is C14H21N3O2. The third-order valence-corrected chi connectivity index (χ3v) is 3.71. The van der Waals surface area contributed by atoms with Crippen LogP contribution in [0, 0.1) is 0 Å². The molecule has 0 aromatic carbocycles. The van der Waals surface area contributed by atoms with Crippen molar-refractivity contribution in [3.8, 4) is 0 Å². The number of carbonyl (C=O) groups excluding carboxylic acids is 2. The third kappa shape index (κ3) is 2.85. The van der Waals surface area contributed by atoms with E-state index in [2.05, 4.69) is 10.2 Å². The number of amides is 1. The van der Waals surface area contributed by atoms with Crippen molar-refractivity contribution in [2.75, 3.05) is 6.54 Å². The zero-order valence-electron chi connectivity index (χ0n) is 11.6. The van der Waals surface area contributed by atoms with E-state index in [9.17, 15) is 9.59 Å². The molecule has 1 fully saturated rings. The minimum Gasteiger partial charge on any atom is -0.327 e. The number of ketones is 1. The number of aromatic amines is 1. The van der Waals surface area contributed by atoms with Gasteiger partial charge in [0.1, 0.15) is 5.69 Å². The summed E-state index contributed by atoms with van der Waals surface area (Å²) in [7, 11) is 0. The topological polar surface area (TPSA) is 66.1 Å². The maximum atomic E-state index is 12.5. The second kappa shape index (κ2) is 5.99. The van der Waals surface area contributed by atoms with Gasteiger partial charge in [-0.25, -0.2) is 0 Å². The smallest absolute Gasteiger partial charge is 0.274 e. The van der Waals surface area contributed by atoms with Crippen LogP contribution in [0.2, 0.25) is 0 Å². The monoisotopic (exact) mass is 263 g/mol. The third-order valence-electron chi connectivity index (χ3n) is 3.71. The van der Waals surface area contributed by atoms with Gasteiger partial charge >= 0.3 is 0 Å². The Morgan fingerprint density at radius 2 is 2.21 bits per heavy atom. The normalized spacial score (nSPS) is 19.5. The molecule has 2 rings (SSSR count). The Bertz CT molecular complexity index is 467. The summed E-state index contributed by atoms with van der Waals surface area (Å²) in [4.78, 5) is 26.1. The van der Waals surface area contributed by atoms with Gasteiger partial charge in [-0.2, -0.15) is 5.10 Å². The van der Waals surface area contributed by atoms with Crippen molar-refractivity contribution in [3.05, 3.63) is 17.5 Å². The van der Waals surface area contributed by atoms with E-state index < -0.39 is 0 Å². The Labute approximate surface area is 113 Å². The molecule has 5 nitrogen and oxygen atoms in total. The second-order valence-electron chi connectivity index (χ2n) is 4.96. The summed E-state index contributed by atoms with van der Waals surface area (Å²) in [5.74, 6) is 0.0294. The molecule has 1 aliphatic heterocycles. The van der Waals surface area contributed by atoms with Crippen LogP contribution in [0.1, 0.15) is 55.7 Å². The maximum absolute atomic E-state index is 12.5. The summed E-state index contributed by atoms with van der Waals surface area (Å²) in [5, 5.41) is 6.91. The number of nitrogens with one attached hydrogen (secondary N) is 1. The van der Waals surface area contributed by atoms with Crippen molar-refractivity contribution in [2.45, 2.75) is 52.0 Å². The first-order chi connectivity index (χ1) is 9.17.